The standard InChI is InChI=1S/C22H24N2O3.C19H18ClNO3.2C19H20ClNO2.C19H20FNO2/c1-16(25)23-19-10-7-17(8-11-19)9-12-22(26)24-14-13-18(15-24)20-5-3-4-6-21(20)27-2;20-16-4-2-1-3-14(16)10-19(22)21-8-7-15(11-21)13-5-6-17-18(9-13)24-12-23-17;1-23-18-9-5-3-7-16(18)15-10-11-21(13-15)19(22)12-14-6-2-4-8-17(14)20;1-23-17-8-6-14(7-9-17)16-10-11-21(13-16)19(22)12-15-4-2-3-5-18(15)20;1-23-18-9-5-3-7-16(18)15-10-11-21(13-15)19(22)12-14-6-2-4-8-17(14)20/h3-12,18H,13-15H2,1-2H3,(H,23,25);1-6,9,15H,7-8,10-12H2;2-9,15H,10-13H2,1H3;2-9,16H,10-13H2,1H3;2-9,15H,10-13H2,1H3/b12-9+;;;;. The molecule has 624 valence electrons. The van der Waals surface area contributed by atoms with E-state index in [1.54, 1.807) is 58.8 Å². The first-order valence-corrected chi connectivity index (χ1v) is 41.8. The number of carbonyl (C=O) groups excluding carboxylic acids is 6. The third-order valence-electron chi connectivity index (χ3n) is 22.7. The van der Waals surface area contributed by atoms with Crippen LogP contribution in [0.25, 0.3) is 6.08 Å². The number of likely N-dealkylation sites (tertiary alicyclic amines) is 5. The Labute approximate surface area is 717 Å². The Hall–Kier alpha value is -11.6. The first-order valence-electron chi connectivity index (χ1n) is 40.6. The van der Waals surface area contributed by atoms with Crippen molar-refractivity contribution in [3.8, 4) is 34.5 Å². The van der Waals surface area contributed by atoms with Crippen molar-refractivity contribution in [2.24, 2.45) is 0 Å². The molecule has 5 unspecified atom stereocenters. The molecule has 10 aromatic carbocycles. The fourth-order valence-electron chi connectivity index (χ4n) is 16.1. The highest BCUT2D eigenvalue weighted by molar-refractivity contribution is 6.32. The van der Waals surface area contributed by atoms with Gasteiger partial charge in [-0.3, -0.25) is 28.8 Å². The van der Waals surface area contributed by atoms with E-state index in [2.05, 4.69) is 35.6 Å². The van der Waals surface area contributed by atoms with Gasteiger partial charge in [0.05, 0.1) is 54.1 Å². The van der Waals surface area contributed by atoms with Gasteiger partial charge in [-0.25, -0.2) is 4.39 Å². The zero-order chi connectivity index (χ0) is 84.4. The summed E-state index contributed by atoms with van der Waals surface area (Å²) in [6, 6.07) is 74.6. The number of halogens is 4. The summed E-state index contributed by atoms with van der Waals surface area (Å²) in [6.45, 7) is 9.19. The molecule has 0 spiro atoms. The molecule has 6 heterocycles. The van der Waals surface area contributed by atoms with Crippen LogP contribution in [0.5, 0.6) is 34.5 Å². The maximum atomic E-state index is 13.7. The Morgan fingerprint density at radius 3 is 1.18 bits per heavy atom. The van der Waals surface area contributed by atoms with Gasteiger partial charge in [-0.2, -0.15) is 0 Å². The Morgan fingerprint density at radius 1 is 0.400 bits per heavy atom. The zero-order valence-corrected chi connectivity index (χ0v) is 70.6. The number of hydrogen-bond donors (Lipinski definition) is 1. The van der Waals surface area contributed by atoms with E-state index >= 15 is 0 Å². The molecular weight excluding hydrogens is 1580 g/mol. The predicted molar refractivity (Wildman–Crippen MR) is 470 cm³/mol. The summed E-state index contributed by atoms with van der Waals surface area (Å²) >= 11 is 18.5. The van der Waals surface area contributed by atoms with Crippen molar-refractivity contribution in [3.63, 3.8) is 0 Å². The van der Waals surface area contributed by atoms with Gasteiger partial charge < -0.3 is 58.2 Å². The Morgan fingerprint density at radius 2 is 0.758 bits per heavy atom. The van der Waals surface area contributed by atoms with Crippen molar-refractivity contribution >= 4 is 82.0 Å². The van der Waals surface area contributed by atoms with Crippen molar-refractivity contribution in [2.75, 3.05) is 106 Å². The summed E-state index contributed by atoms with van der Waals surface area (Å²) in [4.78, 5) is 83.1. The number of nitrogens with zero attached hydrogens (tertiary/aromatic N) is 5. The summed E-state index contributed by atoms with van der Waals surface area (Å²) < 4.78 is 46.0. The molecule has 120 heavy (non-hydrogen) atoms. The number of amides is 6. The predicted octanol–water partition coefficient (Wildman–Crippen LogP) is 18.5. The highest BCUT2D eigenvalue weighted by Crippen LogP contribution is 2.40. The minimum atomic E-state index is -0.318. The zero-order valence-electron chi connectivity index (χ0n) is 68.3. The highest BCUT2D eigenvalue weighted by atomic mass is 35.5. The summed E-state index contributed by atoms with van der Waals surface area (Å²) in [5, 5.41) is 4.69. The highest BCUT2D eigenvalue weighted by Gasteiger charge is 2.34. The number of hydrogen-bond acceptors (Lipinski definition) is 12. The van der Waals surface area contributed by atoms with E-state index < -0.39 is 0 Å². The van der Waals surface area contributed by atoms with Gasteiger partial charge in [0, 0.05) is 129 Å². The Kier molecular flexibility index (Phi) is 31.7. The smallest absolute Gasteiger partial charge is 0.246 e. The van der Waals surface area contributed by atoms with Gasteiger partial charge in [0.2, 0.25) is 42.2 Å². The van der Waals surface area contributed by atoms with Crippen LogP contribution in [-0.4, -0.2) is 161 Å². The van der Waals surface area contributed by atoms with E-state index in [4.69, 9.17) is 63.2 Å². The molecule has 18 nitrogen and oxygen atoms in total. The largest absolute Gasteiger partial charge is 0.497 e. The van der Waals surface area contributed by atoms with Gasteiger partial charge in [0.15, 0.2) is 11.5 Å². The molecule has 10 aromatic rings. The second kappa shape index (κ2) is 43.4. The number of nitrogens with one attached hydrogen (secondary N) is 1. The average molecular weight is 1680 g/mol. The number of methoxy groups -OCH3 is 4. The SMILES string of the molecule is COc1ccc(C2CCN(C(=O)Cc3ccccc3Cl)C2)cc1.COc1ccccc1C1CCN(C(=O)/C=C/c2ccc(NC(C)=O)cc2)C1.COc1ccccc1C1CCN(C(=O)Cc2ccccc2Cl)C1.COc1ccccc1C1CCN(C(=O)Cc2ccccc2F)C1.O=C(Cc1ccccc1Cl)N1CCC(c2ccc3c(c2)OCO3)C1. The van der Waals surface area contributed by atoms with Crippen LogP contribution in [-0.2, 0) is 54.5 Å². The summed E-state index contributed by atoms with van der Waals surface area (Å²) in [6.07, 6.45) is 9.39. The number of ether oxygens (including phenoxy) is 6. The van der Waals surface area contributed by atoms with Gasteiger partial charge in [-0.15, -0.1) is 0 Å². The van der Waals surface area contributed by atoms with Crippen molar-refractivity contribution < 1.29 is 61.6 Å². The average Bonchev–Trinajstić information content (AvgIpc) is 1.64. The molecule has 1 N–H and O–H groups in total. The molecule has 5 fully saturated rings. The molecule has 5 atom stereocenters. The molecule has 5 saturated heterocycles. The Bertz CT molecular complexity index is 5070. The van der Waals surface area contributed by atoms with Crippen molar-refractivity contribution in [2.45, 2.75) is 94.3 Å². The minimum Gasteiger partial charge on any atom is -0.497 e. The van der Waals surface area contributed by atoms with E-state index in [9.17, 15) is 33.2 Å². The maximum Gasteiger partial charge on any atom is 0.246 e. The van der Waals surface area contributed by atoms with Crippen molar-refractivity contribution in [3.05, 3.63) is 319 Å². The monoisotopic (exact) mass is 1680 g/mol. The van der Waals surface area contributed by atoms with Crippen LogP contribution in [0.2, 0.25) is 15.1 Å². The molecule has 0 saturated carbocycles. The van der Waals surface area contributed by atoms with Gasteiger partial charge in [-0.1, -0.05) is 193 Å². The third-order valence-corrected chi connectivity index (χ3v) is 23.8. The number of benzene rings is 10. The van der Waals surface area contributed by atoms with Gasteiger partial charge in [0.1, 0.15) is 28.8 Å². The fourth-order valence-corrected chi connectivity index (χ4v) is 16.7. The summed E-state index contributed by atoms with van der Waals surface area (Å²) in [5.74, 6) is 6.73. The van der Waals surface area contributed by atoms with Gasteiger partial charge >= 0.3 is 0 Å². The van der Waals surface area contributed by atoms with Crippen LogP contribution in [0.1, 0.15) is 124 Å². The quantitative estimate of drug-likeness (QED) is 0.0713. The molecular formula is C98H102Cl3FN6O12. The molecule has 22 heteroatoms. The van der Waals surface area contributed by atoms with Crippen LogP contribution in [0.15, 0.2) is 243 Å². The lowest BCUT2D eigenvalue weighted by Gasteiger charge is -2.18. The fraction of sp³-hybridized carbons (Fsp3) is 0.306. The normalized spacial score (nSPS) is 17.4. The van der Waals surface area contributed by atoms with E-state index in [1.165, 1.54) is 29.7 Å². The molecule has 0 aliphatic carbocycles. The second-order valence-electron chi connectivity index (χ2n) is 30.4. The second-order valence-corrected chi connectivity index (χ2v) is 31.6. The number of fused-ring (bicyclic) bond motifs is 1. The first kappa shape index (κ1) is 87.7. The van der Waals surface area contributed by atoms with E-state index in [0.29, 0.717) is 83.2 Å². The number of rotatable bonds is 20. The third kappa shape index (κ3) is 23.9. The lowest BCUT2D eigenvalue weighted by Crippen LogP contribution is -2.30. The summed E-state index contributed by atoms with van der Waals surface area (Å²) in [7, 11) is 6.69. The lowest BCUT2D eigenvalue weighted by atomic mass is 9.97. The topological polar surface area (TPSA) is 186 Å². The maximum absolute atomic E-state index is 13.7. The molecule has 0 aromatic heterocycles. The van der Waals surface area contributed by atoms with Crippen LogP contribution in [0, 0.1) is 5.82 Å². The number of carbonyl (C=O) groups is 6. The van der Waals surface area contributed by atoms with Gasteiger partial charge in [-0.05, 0) is 173 Å². The number of para-hydroxylation sites is 3. The lowest BCUT2D eigenvalue weighted by molar-refractivity contribution is -0.130. The van der Waals surface area contributed by atoms with E-state index in [0.717, 1.165) is 151 Å². The van der Waals surface area contributed by atoms with Gasteiger partial charge in [0.25, 0.3) is 0 Å². The molecule has 6 amide bonds. The van der Waals surface area contributed by atoms with Crippen molar-refractivity contribution in [1.82, 2.24) is 24.5 Å². The van der Waals surface area contributed by atoms with Crippen molar-refractivity contribution in [1.29, 1.82) is 0 Å². The minimum absolute atomic E-state index is 0.0123. The molecule has 6 aliphatic heterocycles. The van der Waals surface area contributed by atoms with Crippen LogP contribution in [0.3, 0.4) is 0 Å². The molecule has 16 rings (SSSR count). The first-order chi connectivity index (χ1) is 58.3. The van der Waals surface area contributed by atoms with Crippen LogP contribution < -0.4 is 33.7 Å². The van der Waals surface area contributed by atoms with E-state index in [-0.39, 0.29) is 60.4 Å². The van der Waals surface area contributed by atoms with Crippen LogP contribution in [0.4, 0.5) is 10.1 Å². The molecule has 6 aliphatic rings. The van der Waals surface area contributed by atoms with Crippen LogP contribution >= 0.6 is 34.8 Å². The van der Waals surface area contributed by atoms with E-state index in [1.807, 2.05) is 206 Å². The number of anilines is 1. The summed E-state index contributed by atoms with van der Waals surface area (Å²) in [5.41, 5.74) is 10.7. The molecule has 0 bridgehead atoms. The molecule has 0 radical (unpaired) electrons. The Balaban J connectivity index is 0.000000138.